The maximum absolute atomic E-state index is 11.5. The van der Waals surface area contributed by atoms with Crippen molar-refractivity contribution in [2.45, 2.75) is 80.1 Å². The number of aromatic nitrogens is 4. The molecule has 218 valence electrons. The molecule has 1 N–H and O–H groups in total. The number of rotatable bonds is 8. The van der Waals surface area contributed by atoms with Gasteiger partial charge in [-0.25, -0.2) is 9.97 Å². The number of hydrogen-bond acceptors (Lipinski definition) is 4. The van der Waals surface area contributed by atoms with Crippen LogP contribution in [-0.2, 0) is 39.5 Å². The van der Waals surface area contributed by atoms with Crippen molar-refractivity contribution in [1.29, 1.82) is 0 Å². The number of aliphatic carboxylic acids is 1. The van der Waals surface area contributed by atoms with Gasteiger partial charge in [-0.2, -0.15) is 0 Å². The van der Waals surface area contributed by atoms with Crippen molar-refractivity contribution in [2.24, 2.45) is 0 Å². The number of carbonyl (C=O) groups is 2. The topological polar surface area (TPSA) is 108 Å². The maximum Gasteiger partial charge on any atom is 2.00 e. The minimum absolute atomic E-state index is 0. The molecule has 0 radical (unpaired) electrons. The summed E-state index contributed by atoms with van der Waals surface area (Å²) < 4.78 is 0. The molecule has 0 fully saturated rings. The van der Waals surface area contributed by atoms with Crippen LogP contribution < -0.4 is 9.97 Å². The molecule has 0 spiro atoms. The Morgan fingerprint density at radius 1 is 0.738 bits per heavy atom. The summed E-state index contributed by atoms with van der Waals surface area (Å²) in [7, 11) is 0. The van der Waals surface area contributed by atoms with E-state index in [1.807, 2.05) is 26.0 Å². The summed E-state index contributed by atoms with van der Waals surface area (Å²) >= 11 is 0. The summed E-state index contributed by atoms with van der Waals surface area (Å²) in [6.45, 7) is 12.5. The smallest absolute Gasteiger partial charge is 0.657 e. The number of carboxylic acids is 1. The summed E-state index contributed by atoms with van der Waals surface area (Å²) in [5, 5.41) is 9.45. The van der Waals surface area contributed by atoms with Gasteiger partial charge in [0, 0.05) is 12.8 Å². The van der Waals surface area contributed by atoms with Gasteiger partial charge < -0.3 is 19.9 Å². The number of nitrogens with zero attached hydrogens (tertiary/aromatic N) is 4. The molecule has 3 aromatic heterocycles. The van der Waals surface area contributed by atoms with Crippen LogP contribution in [0, 0.1) is 13.8 Å². The van der Waals surface area contributed by atoms with E-state index in [1.54, 1.807) is 0 Å². The number of fused-ring (bicyclic) bond motifs is 8. The van der Waals surface area contributed by atoms with Crippen LogP contribution in [-0.4, -0.2) is 27.3 Å². The number of aldehydes is 1. The Kier molecular flexibility index (Phi) is 9.39. The van der Waals surface area contributed by atoms with Crippen LogP contribution in [0.4, 0.5) is 0 Å². The molecule has 3 aromatic rings. The molecule has 0 amide bonds. The van der Waals surface area contributed by atoms with Crippen LogP contribution in [0.5, 0.6) is 0 Å². The third-order valence-electron chi connectivity index (χ3n) is 8.45. The van der Waals surface area contributed by atoms with E-state index in [2.05, 4.69) is 39.8 Å². The van der Waals surface area contributed by atoms with Crippen molar-refractivity contribution in [3.63, 3.8) is 0 Å². The van der Waals surface area contributed by atoms with Crippen LogP contribution in [0.1, 0.15) is 98.4 Å². The Bertz CT molecular complexity index is 1810. The van der Waals surface area contributed by atoms with Gasteiger partial charge in [0.2, 0.25) is 0 Å². The predicted octanol–water partition coefficient (Wildman–Crippen LogP) is 7.02. The molecule has 42 heavy (non-hydrogen) atoms. The first-order chi connectivity index (χ1) is 19.7. The minimum Gasteiger partial charge on any atom is -0.657 e. The summed E-state index contributed by atoms with van der Waals surface area (Å²) in [6, 6.07) is 8.11. The fourth-order valence-corrected chi connectivity index (χ4v) is 6.03. The molecule has 7 nitrogen and oxygen atoms in total. The Hall–Kier alpha value is -3.74. The normalized spacial score (nSPS) is 13.0. The van der Waals surface area contributed by atoms with E-state index in [9.17, 15) is 14.7 Å². The average molecular weight is 605 g/mol. The number of hydrogen-bond donors (Lipinski definition) is 1. The molecular weight excluding hydrogens is 568 g/mol. The largest absolute Gasteiger partial charge is 2.00 e. The second-order valence-electron chi connectivity index (χ2n) is 10.8. The molecule has 8 bridgehead atoms. The van der Waals surface area contributed by atoms with E-state index in [0.717, 1.165) is 91.9 Å². The summed E-state index contributed by atoms with van der Waals surface area (Å²) in [6.07, 6.45) is 3.94. The molecule has 5 heterocycles. The first-order valence-electron chi connectivity index (χ1n) is 14.4. The van der Waals surface area contributed by atoms with Crippen LogP contribution in [0.2, 0.25) is 0 Å². The van der Waals surface area contributed by atoms with Gasteiger partial charge in [-0.3, -0.25) is 4.79 Å². The van der Waals surface area contributed by atoms with Gasteiger partial charge in [0.05, 0.1) is 22.8 Å². The van der Waals surface area contributed by atoms with Gasteiger partial charge in [0.15, 0.2) is 0 Å². The van der Waals surface area contributed by atoms with Crippen LogP contribution in [0.15, 0.2) is 24.3 Å². The monoisotopic (exact) mass is 604 g/mol. The number of carbonyl (C=O) groups excluding carboxylic acids is 1. The first-order valence-corrected chi connectivity index (χ1v) is 14.4. The van der Waals surface area contributed by atoms with Crippen molar-refractivity contribution in [2.75, 3.05) is 0 Å². The summed E-state index contributed by atoms with van der Waals surface area (Å²) in [5.74, 6) is -0.851. The molecule has 2 aliphatic rings. The Labute approximate surface area is 257 Å². The van der Waals surface area contributed by atoms with E-state index in [1.165, 1.54) is 11.1 Å². The molecular formula is C34H36FeN4O3. The molecule has 0 saturated carbocycles. The van der Waals surface area contributed by atoms with Crippen LogP contribution >= 0.6 is 0 Å². The maximum atomic E-state index is 11.5. The molecule has 8 heteroatoms. The fourth-order valence-electron chi connectivity index (χ4n) is 6.03. The van der Waals surface area contributed by atoms with E-state index < -0.39 is 5.97 Å². The quantitative estimate of drug-likeness (QED) is 0.218. The fraction of sp³-hybridized carbons (Fsp3) is 0.353. The molecule has 5 rings (SSSR count). The summed E-state index contributed by atoms with van der Waals surface area (Å²) in [4.78, 5) is 43.0. The molecule has 0 aromatic carbocycles. The number of carboxylic acid groups (broad SMARTS) is 1. The van der Waals surface area contributed by atoms with Gasteiger partial charge >= 0.3 is 23.0 Å². The van der Waals surface area contributed by atoms with E-state index in [4.69, 9.17) is 19.9 Å². The SMILES string of the molecule is CCC1=C(C)c2cc3[n-]c(cc4nc(cc5[n-]c(cc1n2)c(C)c5CC)C(C)=C4CCC=O)c(CCC(=O)O)c3C.[Fe+2]. The van der Waals surface area contributed by atoms with Crippen molar-refractivity contribution in [1.82, 2.24) is 19.9 Å². The van der Waals surface area contributed by atoms with E-state index >= 15 is 0 Å². The van der Waals surface area contributed by atoms with Crippen molar-refractivity contribution in [3.05, 3.63) is 69.3 Å². The predicted molar refractivity (Wildman–Crippen MR) is 164 cm³/mol. The van der Waals surface area contributed by atoms with Crippen LogP contribution in [0.25, 0.3) is 44.4 Å². The summed E-state index contributed by atoms with van der Waals surface area (Å²) in [5.41, 5.74) is 15.2. The minimum atomic E-state index is -0.851. The van der Waals surface area contributed by atoms with Gasteiger partial charge in [-0.1, -0.05) is 60.4 Å². The standard InChI is InChI=1S/C34H37N4O3.Fe/c1-7-22-18(3)26-14-27-21(6)25(11-12-34(40)41)33(37-27)17-32-24(10-9-13-39)20(5)29(38-32)16-31-23(8-2)19(4)28(36-31)15-30(22)35-26;/h13-17H,7-12H2,1-6H3,(H2-,35,36,37,38,40,41);/q-1;+2/p-1. The van der Waals surface area contributed by atoms with Crippen molar-refractivity contribution >= 4 is 56.6 Å². The third kappa shape index (κ3) is 5.66. The number of aryl methyl sites for hydroxylation is 4. The zero-order chi connectivity index (χ0) is 29.4. The third-order valence-corrected chi connectivity index (χ3v) is 8.45. The van der Waals surface area contributed by atoms with Gasteiger partial charge in [0.1, 0.15) is 6.29 Å². The zero-order valence-corrected chi connectivity index (χ0v) is 26.1. The second kappa shape index (κ2) is 12.6. The average Bonchev–Trinajstić information content (AvgIpc) is 3.59. The van der Waals surface area contributed by atoms with Gasteiger partial charge in [-0.15, -0.1) is 22.1 Å². The van der Waals surface area contributed by atoms with Gasteiger partial charge in [0.25, 0.3) is 0 Å². The van der Waals surface area contributed by atoms with E-state index in [0.29, 0.717) is 24.8 Å². The molecule has 0 atom stereocenters. The van der Waals surface area contributed by atoms with Crippen molar-refractivity contribution < 1.29 is 31.8 Å². The first kappa shape index (κ1) is 31.2. The van der Waals surface area contributed by atoms with Crippen molar-refractivity contribution in [3.8, 4) is 0 Å². The van der Waals surface area contributed by atoms with E-state index in [-0.39, 0.29) is 23.5 Å². The Morgan fingerprint density at radius 2 is 1.24 bits per heavy atom. The van der Waals surface area contributed by atoms with Crippen LogP contribution in [0.3, 0.4) is 0 Å². The molecule has 2 aliphatic heterocycles. The zero-order valence-electron chi connectivity index (χ0n) is 25.0. The Morgan fingerprint density at radius 3 is 1.81 bits per heavy atom. The Balaban J connectivity index is 0.00000405. The molecule has 0 saturated heterocycles. The molecule has 0 aliphatic carbocycles. The van der Waals surface area contributed by atoms with Gasteiger partial charge in [-0.05, 0) is 75.7 Å². The number of allylic oxidation sites excluding steroid dienone is 4. The second-order valence-corrected chi connectivity index (χ2v) is 10.8. The molecule has 0 unspecified atom stereocenters.